The molecule has 2 heterocycles. The Morgan fingerprint density at radius 3 is 2.62 bits per heavy atom. The molecule has 0 saturated carbocycles. The average Bonchev–Trinajstić information content (AvgIpc) is 2.74. The molecular weight excluding hydrogens is 362 g/mol. The fourth-order valence-electron chi connectivity index (χ4n) is 3.02. The summed E-state index contributed by atoms with van der Waals surface area (Å²) in [5.41, 5.74) is 4.96. The maximum absolute atomic E-state index is 7.91. The van der Waals surface area contributed by atoms with Crippen molar-refractivity contribution in [2.75, 3.05) is 17.2 Å². The van der Waals surface area contributed by atoms with Crippen molar-refractivity contribution in [3.8, 4) is 17.1 Å². The molecule has 0 unspecified atom stereocenters. The molecule has 0 atom stereocenters. The number of nitrogens with one attached hydrogen (secondary N) is 3. The van der Waals surface area contributed by atoms with Gasteiger partial charge in [0.1, 0.15) is 5.69 Å². The molecule has 0 fully saturated rings. The zero-order valence-corrected chi connectivity index (χ0v) is 17.1. The highest BCUT2D eigenvalue weighted by molar-refractivity contribution is 5.91. The summed E-state index contributed by atoms with van der Waals surface area (Å²) < 4.78 is 5.68. The van der Waals surface area contributed by atoms with Crippen molar-refractivity contribution >= 4 is 17.6 Å². The second kappa shape index (κ2) is 9.68. The lowest BCUT2D eigenvalue weighted by molar-refractivity contribution is 0.328. The van der Waals surface area contributed by atoms with Crippen LogP contribution in [0.5, 0.6) is 5.88 Å². The van der Waals surface area contributed by atoms with E-state index in [4.69, 9.17) is 15.1 Å². The van der Waals surface area contributed by atoms with Gasteiger partial charge in [-0.2, -0.15) is 0 Å². The predicted molar refractivity (Wildman–Crippen MR) is 119 cm³/mol. The molecule has 0 saturated heterocycles. The number of aromatic nitrogens is 2. The Labute approximate surface area is 171 Å². The van der Waals surface area contributed by atoms with Gasteiger partial charge in [0.2, 0.25) is 5.88 Å². The SMILES string of the molecule is CCOc1ncccc1-c1cc(NCc2ccccc2)c(NC(C)C)c(C=N)n1. The second-order valence-corrected chi connectivity index (χ2v) is 6.89. The van der Waals surface area contributed by atoms with Gasteiger partial charge in [-0.05, 0) is 44.5 Å². The first-order valence-corrected chi connectivity index (χ1v) is 9.80. The van der Waals surface area contributed by atoms with E-state index in [2.05, 4.69) is 41.6 Å². The van der Waals surface area contributed by atoms with Gasteiger partial charge < -0.3 is 20.8 Å². The fraction of sp³-hybridized carbons (Fsp3) is 0.261. The highest BCUT2D eigenvalue weighted by Crippen LogP contribution is 2.34. The maximum atomic E-state index is 7.91. The summed E-state index contributed by atoms with van der Waals surface area (Å²) in [4.78, 5) is 9.05. The third-order valence-corrected chi connectivity index (χ3v) is 4.27. The zero-order valence-electron chi connectivity index (χ0n) is 17.1. The maximum Gasteiger partial charge on any atom is 0.222 e. The third kappa shape index (κ3) is 5.10. The molecule has 3 aromatic rings. The number of benzene rings is 1. The highest BCUT2D eigenvalue weighted by atomic mass is 16.5. The van der Waals surface area contributed by atoms with E-state index in [-0.39, 0.29) is 6.04 Å². The molecule has 29 heavy (non-hydrogen) atoms. The lowest BCUT2D eigenvalue weighted by Gasteiger charge is -2.20. The van der Waals surface area contributed by atoms with Crippen molar-refractivity contribution in [3.05, 3.63) is 66.0 Å². The van der Waals surface area contributed by atoms with Crippen LogP contribution in [-0.2, 0) is 6.54 Å². The van der Waals surface area contributed by atoms with Gasteiger partial charge in [-0.1, -0.05) is 30.3 Å². The molecule has 6 nitrogen and oxygen atoms in total. The lowest BCUT2D eigenvalue weighted by atomic mass is 10.1. The molecule has 6 heteroatoms. The summed E-state index contributed by atoms with van der Waals surface area (Å²) in [6.45, 7) is 7.25. The minimum Gasteiger partial charge on any atom is -0.477 e. The summed E-state index contributed by atoms with van der Waals surface area (Å²) in [6, 6.07) is 16.2. The van der Waals surface area contributed by atoms with Gasteiger partial charge in [-0.25, -0.2) is 9.97 Å². The zero-order chi connectivity index (χ0) is 20.6. The minimum atomic E-state index is 0.205. The number of nitrogens with zero attached hydrogens (tertiary/aromatic N) is 2. The van der Waals surface area contributed by atoms with Crippen LogP contribution < -0.4 is 15.4 Å². The van der Waals surface area contributed by atoms with Crippen molar-refractivity contribution in [2.45, 2.75) is 33.4 Å². The van der Waals surface area contributed by atoms with Crippen molar-refractivity contribution in [3.63, 3.8) is 0 Å². The first-order valence-electron chi connectivity index (χ1n) is 9.80. The number of rotatable bonds is 9. The van der Waals surface area contributed by atoms with Crippen LogP contribution in [0.25, 0.3) is 11.3 Å². The Morgan fingerprint density at radius 2 is 1.93 bits per heavy atom. The normalized spacial score (nSPS) is 10.6. The standard InChI is InChI=1S/C23H27N5O/c1-4-29-23-18(11-8-12-25-23)19-13-20(26-15-17-9-6-5-7-10-17)22(27-16(2)3)21(14-24)28-19/h5-14,16,24,27H,4,15H2,1-3H3,(H,26,28). The van der Waals surface area contributed by atoms with Crippen molar-refractivity contribution in [1.82, 2.24) is 9.97 Å². The molecule has 0 aliphatic heterocycles. The van der Waals surface area contributed by atoms with E-state index in [0.29, 0.717) is 30.4 Å². The van der Waals surface area contributed by atoms with Crippen LogP contribution in [0.15, 0.2) is 54.7 Å². The van der Waals surface area contributed by atoms with Crippen LogP contribution in [-0.4, -0.2) is 28.8 Å². The van der Waals surface area contributed by atoms with Crippen LogP contribution in [0.1, 0.15) is 32.0 Å². The summed E-state index contributed by atoms with van der Waals surface area (Å²) >= 11 is 0. The summed E-state index contributed by atoms with van der Waals surface area (Å²) in [5.74, 6) is 0.539. The van der Waals surface area contributed by atoms with E-state index in [1.54, 1.807) is 6.20 Å². The van der Waals surface area contributed by atoms with E-state index >= 15 is 0 Å². The topological polar surface area (TPSA) is 82.9 Å². The average molecular weight is 390 g/mol. The van der Waals surface area contributed by atoms with E-state index in [0.717, 1.165) is 16.9 Å². The third-order valence-electron chi connectivity index (χ3n) is 4.27. The molecular formula is C23H27N5O. The van der Waals surface area contributed by atoms with Crippen LogP contribution in [0.2, 0.25) is 0 Å². The minimum absolute atomic E-state index is 0.205. The highest BCUT2D eigenvalue weighted by Gasteiger charge is 2.16. The van der Waals surface area contributed by atoms with Gasteiger partial charge in [0, 0.05) is 25.0 Å². The molecule has 2 aromatic heterocycles. The van der Waals surface area contributed by atoms with Crippen molar-refractivity contribution < 1.29 is 4.74 Å². The summed E-state index contributed by atoms with van der Waals surface area (Å²) in [5, 5.41) is 14.8. The number of pyridine rings is 2. The van der Waals surface area contributed by atoms with E-state index in [9.17, 15) is 0 Å². The molecule has 0 spiro atoms. The Hall–Kier alpha value is -3.41. The molecule has 0 aliphatic rings. The van der Waals surface area contributed by atoms with Gasteiger partial charge in [0.05, 0.1) is 29.2 Å². The summed E-state index contributed by atoms with van der Waals surface area (Å²) in [7, 11) is 0. The summed E-state index contributed by atoms with van der Waals surface area (Å²) in [6.07, 6.45) is 2.98. The smallest absolute Gasteiger partial charge is 0.222 e. The molecule has 150 valence electrons. The van der Waals surface area contributed by atoms with E-state index in [1.807, 2.05) is 43.3 Å². The molecule has 1 aromatic carbocycles. The van der Waals surface area contributed by atoms with E-state index < -0.39 is 0 Å². The largest absolute Gasteiger partial charge is 0.477 e. The molecule has 0 radical (unpaired) electrons. The predicted octanol–water partition coefficient (Wildman–Crippen LogP) is 4.97. The molecule has 3 N–H and O–H groups in total. The molecule has 0 bridgehead atoms. The fourth-order valence-corrected chi connectivity index (χ4v) is 3.02. The van der Waals surface area contributed by atoms with Gasteiger partial charge in [0.15, 0.2) is 0 Å². The van der Waals surface area contributed by atoms with Gasteiger partial charge >= 0.3 is 0 Å². The van der Waals surface area contributed by atoms with Crippen LogP contribution in [0.3, 0.4) is 0 Å². The molecule has 0 aliphatic carbocycles. The monoisotopic (exact) mass is 389 g/mol. The van der Waals surface area contributed by atoms with Gasteiger partial charge in [-0.3, -0.25) is 0 Å². The first-order chi connectivity index (χ1) is 14.1. The van der Waals surface area contributed by atoms with Gasteiger partial charge in [-0.15, -0.1) is 0 Å². The Bertz CT molecular complexity index is 957. The second-order valence-electron chi connectivity index (χ2n) is 6.89. The van der Waals surface area contributed by atoms with Crippen molar-refractivity contribution in [1.29, 1.82) is 5.41 Å². The number of hydrogen-bond donors (Lipinski definition) is 3. The van der Waals surface area contributed by atoms with Crippen LogP contribution >= 0.6 is 0 Å². The van der Waals surface area contributed by atoms with Crippen molar-refractivity contribution in [2.24, 2.45) is 0 Å². The number of hydrogen-bond acceptors (Lipinski definition) is 6. The van der Waals surface area contributed by atoms with Gasteiger partial charge in [0.25, 0.3) is 0 Å². The number of ether oxygens (including phenoxy) is 1. The number of anilines is 2. The molecule has 0 amide bonds. The van der Waals surface area contributed by atoms with Crippen LogP contribution in [0.4, 0.5) is 11.4 Å². The Morgan fingerprint density at radius 1 is 1.14 bits per heavy atom. The van der Waals surface area contributed by atoms with E-state index in [1.165, 1.54) is 11.8 Å². The quantitative estimate of drug-likeness (QED) is 0.450. The van der Waals surface area contributed by atoms with Crippen LogP contribution in [0, 0.1) is 5.41 Å². The Kier molecular flexibility index (Phi) is 6.79. The lowest BCUT2D eigenvalue weighted by Crippen LogP contribution is -2.15. The molecule has 3 rings (SSSR count). The Balaban J connectivity index is 2.06. The first kappa shape index (κ1) is 20.3.